The predicted molar refractivity (Wildman–Crippen MR) is 76.7 cm³/mol. The van der Waals surface area contributed by atoms with Crippen LogP contribution in [0.15, 0.2) is 42.5 Å². The molecule has 0 aromatic heterocycles. The number of anilines is 1. The number of hydrogen-bond acceptors (Lipinski definition) is 2. The van der Waals surface area contributed by atoms with Gasteiger partial charge in [0.25, 0.3) is 0 Å². The minimum atomic E-state index is -0.556. The fourth-order valence-corrected chi connectivity index (χ4v) is 2.51. The van der Waals surface area contributed by atoms with E-state index in [1.165, 1.54) is 12.1 Å². The van der Waals surface area contributed by atoms with E-state index in [1.54, 1.807) is 0 Å². The van der Waals surface area contributed by atoms with Crippen LogP contribution in [0.5, 0.6) is 0 Å². The Morgan fingerprint density at radius 1 is 0.950 bits per heavy atom. The Morgan fingerprint density at radius 3 is 2.10 bits per heavy atom. The topological polar surface area (TPSA) is 15.3 Å². The van der Waals surface area contributed by atoms with Crippen LogP contribution in [-0.4, -0.2) is 31.1 Å². The minimum absolute atomic E-state index is 0.484. The van der Waals surface area contributed by atoms with Gasteiger partial charge in [-0.05, 0) is 42.4 Å². The van der Waals surface area contributed by atoms with Gasteiger partial charge in [0.05, 0.1) is 6.04 Å². The number of nitrogens with zero attached hydrogens (tertiary/aromatic N) is 1. The number of halogens is 2. The van der Waals surface area contributed by atoms with Crippen molar-refractivity contribution in [2.45, 2.75) is 6.04 Å². The monoisotopic (exact) mass is 274 g/mol. The summed E-state index contributed by atoms with van der Waals surface area (Å²) in [4.78, 5) is 2.24. The Balaban J connectivity index is 1.75. The summed E-state index contributed by atoms with van der Waals surface area (Å²) < 4.78 is 26.4. The molecule has 0 radical (unpaired) electrons. The molecule has 1 fully saturated rings. The average molecular weight is 274 g/mol. The van der Waals surface area contributed by atoms with Crippen molar-refractivity contribution in [2.75, 3.05) is 25.5 Å². The first-order chi connectivity index (χ1) is 9.60. The summed E-state index contributed by atoms with van der Waals surface area (Å²) in [5, 5.41) is 3.42. The van der Waals surface area contributed by atoms with Crippen molar-refractivity contribution in [2.24, 2.45) is 0 Å². The molecule has 1 aliphatic heterocycles. The van der Waals surface area contributed by atoms with E-state index in [2.05, 4.69) is 17.3 Å². The number of hydrogen-bond donors (Lipinski definition) is 1. The molecule has 0 atom stereocenters. The molecule has 0 saturated carbocycles. The first-order valence-corrected chi connectivity index (χ1v) is 6.62. The first kappa shape index (κ1) is 13.1. The van der Waals surface area contributed by atoms with Gasteiger partial charge in [0, 0.05) is 24.8 Å². The Kier molecular flexibility index (Phi) is 3.40. The SMILES string of the molecule is CN1CC(Nc2ccc(-c3cc(F)cc(F)c3)cc2)C1. The zero-order valence-corrected chi connectivity index (χ0v) is 11.2. The molecule has 0 aliphatic carbocycles. The average Bonchev–Trinajstić information content (AvgIpc) is 2.36. The standard InChI is InChI=1S/C16H16F2N2/c1-20-9-16(10-20)19-15-4-2-11(3-5-15)12-6-13(17)8-14(18)7-12/h2-8,16,19H,9-10H2,1H3. The largest absolute Gasteiger partial charge is 0.380 e. The van der Waals surface area contributed by atoms with Crippen LogP contribution in [0.4, 0.5) is 14.5 Å². The van der Waals surface area contributed by atoms with Crippen LogP contribution in [-0.2, 0) is 0 Å². The van der Waals surface area contributed by atoms with Crippen LogP contribution in [0.3, 0.4) is 0 Å². The highest BCUT2D eigenvalue weighted by atomic mass is 19.1. The van der Waals surface area contributed by atoms with Gasteiger partial charge in [0.15, 0.2) is 0 Å². The summed E-state index contributed by atoms with van der Waals surface area (Å²) >= 11 is 0. The molecule has 1 saturated heterocycles. The molecule has 3 rings (SSSR count). The third-order valence-electron chi connectivity index (χ3n) is 3.52. The molecular weight excluding hydrogens is 258 g/mol. The number of likely N-dealkylation sites (tertiary alicyclic amines) is 1. The molecule has 20 heavy (non-hydrogen) atoms. The van der Waals surface area contributed by atoms with Crippen LogP contribution < -0.4 is 5.32 Å². The number of rotatable bonds is 3. The molecule has 0 spiro atoms. The molecule has 104 valence electrons. The van der Waals surface area contributed by atoms with Crippen LogP contribution in [0.1, 0.15) is 0 Å². The van der Waals surface area contributed by atoms with Crippen molar-refractivity contribution < 1.29 is 8.78 Å². The molecule has 0 bridgehead atoms. The molecule has 0 amide bonds. The minimum Gasteiger partial charge on any atom is -0.380 e. The van der Waals surface area contributed by atoms with Gasteiger partial charge in [-0.25, -0.2) is 8.78 Å². The van der Waals surface area contributed by atoms with E-state index in [-0.39, 0.29) is 0 Å². The Hall–Kier alpha value is -1.94. The molecule has 2 aromatic rings. The van der Waals surface area contributed by atoms with Gasteiger partial charge in [-0.2, -0.15) is 0 Å². The molecule has 1 aliphatic rings. The van der Waals surface area contributed by atoms with Gasteiger partial charge in [-0.3, -0.25) is 0 Å². The van der Waals surface area contributed by atoms with Gasteiger partial charge >= 0.3 is 0 Å². The lowest BCUT2D eigenvalue weighted by molar-refractivity contribution is 0.205. The zero-order valence-electron chi connectivity index (χ0n) is 11.2. The highest BCUT2D eigenvalue weighted by Crippen LogP contribution is 2.24. The first-order valence-electron chi connectivity index (χ1n) is 6.62. The van der Waals surface area contributed by atoms with Crippen molar-refractivity contribution in [3.8, 4) is 11.1 Å². The van der Waals surface area contributed by atoms with E-state index in [1.807, 2.05) is 24.3 Å². The molecule has 1 heterocycles. The molecule has 4 heteroatoms. The summed E-state index contributed by atoms with van der Waals surface area (Å²) in [7, 11) is 2.08. The van der Waals surface area contributed by atoms with Gasteiger partial charge in [-0.1, -0.05) is 12.1 Å². The summed E-state index contributed by atoms with van der Waals surface area (Å²) in [5.41, 5.74) is 2.39. The second kappa shape index (κ2) is 5.21. The van der Waals surface area contributed by atoms with Crippen molar-refractivity contribution in [3.63, 3.8) is 0 Å². The number of nitrogens with one attached hydrogen (secondary N) is 1. The Morgan fingerprint density at radius 2 is 1.55 bits per heavy atom. The second-order valence-electron chi connectivity index (χ2n) is 5.30. The second-order valence-corrected chi connectivity index (χ2v) is 5.30. The van der Waals surface area contributed by atoms with E-state index in [9.17, 15) is 8.78 Å². The lowest BCUT2D eigenvalue weighted by Gasteiger charge is -2.37. The van der Waals surface area contributed by atoms with Gasteiger partial charge in [-0.15, -0.1) is 0 Å². The third-order valence-corrected chi connectivity index (χ3v) is 3.52. The van der Waals surface area contributed by atoms with Gasteiger partial charge in [0.2, 0.25) is 0 Å². The summed E-state index contributed by atoms with van der Waals surface area (Å²) in [6.07, 6.45) is 0. The number of likely N-dealkylation sites (N-methyl/N-ethyl adjacent to an activating group) is 1. The van der Waals surface area contributed by atoms with E-state index >= 15 is 0 Å². The molecule has 2 aromatic carbocycles. The van der Waals surface area contributed by atoms with Crippen LogP contribution in [0.2, 0.25) is 0 Å². The van der Waals surface area contributed by atoms with Crippen LogP contribution >= 0.6 is 0 Å². The maximum absolute atomic E-state index is 13.2. The Labute approximate surface area is 117 Å². The maximum Gasteiger partial charge on any atom is 0.126 e. The van der Waals surface area contributed by atoms with Crippen molar-refractivity contribution >= 4 is 5.69 Å². The van der Waals surface area contributed by atoms with E-state index in [0.29, 0.717) is 11.6 Å². The maximum atomic E-state index is 13.2. The van der Waals surface area contributed by atoms with E-state index < -0.39 is 11.6 Å². The van der Waals surface area contributed by atoms with Crippen LogP contribution in [0.25, 0.3) is 11.1 Å². The molecule has 0 unspecified atom stereocenters. The fraction of sp³-hybridized carbons (Fsp3) is 0.250. The molecule has 2 nitrogen and oxygen atoms in total. The quantitative estimate of drug-likeness (QED) is 0.923. The lowest BCUT2D eigenvalue weighted by Crippen LogP contribution is -2.52. The smallest absolute Gasteiger partial charge is 0.126 e. The van der Waals surface area contributed by atoms with Crippen LogP contribution in [0, 0.1) is 11.6 Å². The van der Waals surface area contributed by atoms with E-state index in [0.717, 1.165) is 30.4 Å². The highest BCUT2D eigenvalue weighted by Gasteiger charge is 2.22. The lowest BCUT2D eigenvalue weighted by atomic mass is 10.0. The molecule has 1 N–H and O–H groups in total. The third kappa shape index (κ3) is 2.80. The van der Waals surface area contributed by atoms with E-state index in [4.69, 9.17) is 0 Å². The summed E-state index contributed by atoms with van der Waals surface area (Å²) in [6, 6.07) is 11.7. The van der Waals surface area contributed by atoms with Crippen molar-refractivity contribution in [3.05, 3.63) is 54.1 Å². The Bertz CT molecular complexity index is 584. The van der Waals surface area contributed by atoms with Gasteiger partial charge < -0.3 is 10.2 Å². The zero-order chi connectivity index (χ0) is 14.1. The molecular formula is C16H16F2N2. The number of benzene rings is 2. The van der Waals surface area contributed by atoms with Crippen molar-refractivity contribution in [1.29, 1.82) is 0 Å². The predicted octanol–water partition coefficient (Wildman–Crippen LogP) is 3.36. The summed E-state index contributed by atoms with van der Waals surface area (Å²) in [5.74, 6) is -1.11. The van der Waals surface area contributed by atoms with Crippen molar-refractivity contribution in [1.82, 2.24) is 4.90 Å². The normalized spacial score (nSPS) is 15.9. The summed E-state index contributed by atoms with van der Waals surface area (Å²) in [6.45, 7) is 2.08. The fourth-order valence-electron chi connectivity index (χ4n) is 2.51. The highest BCUT2D eigenvalue weighted by molar-refractivity contribution is 5.66. The van der Waals surface area contributed by atoms with Gasteiger partial charge in [0.1, 0.15) is 11.6 Å².